The van der Waals surface area contributed by atoms with Crippen molar-refractivity contribution < 1.29 is 9.18 Å². The number of carbonyl (C=O) groups is 1. The molecule has 1 heterocycles. The predicted molar refractivity (Wildman–Crippen MR) is 71.4 cm³/mol. The molecule has 0 bridgehead atoms. The summed E-state index contributed by atoms with van der Waals surface area (Å²) in [4.78, 5) is 14.4. The predicted octanol–water partition coefficient (Wildman–Crippen LogP) is 2.04. The number of amides is 1. The van der Waals surface area contributed by atoms with E-state index < -0.39 is 0 Å². The van der Waals surface area contributed by atoms with Crippen LogP contribution in [0.5, 0.6) is 0 Å². The zero-order chi connectivity index (χ0) is 13.2. The fourth-order valence-corrected chi connectivity index (χ4v) is 2.77. The van der Waals surface area contributed by atoms with E-state index in [4.69, 9.17) is 0 Å². The first-order chi connectivity index (χ1) is 9.22. The molecule has 1 aromatic carbocycles. The lowest BCUT2D eigenvalue weighted by Gasteiger charge is -2.15. The van der Waals surface area contributed by atoms with Gasteiger partial charge in [-0.15, -0.1) is 0 Å². The van der Waals surface area contributed by atoms with Gasteiger partial charge in [-0.3, -0.25) is 4.79 Å². The molecule has 4 heteroatoms. The number of nitrogens with zero attached hydrogens (tertiary/aromatic N) is 1. The molecular formula is C15H19FN2O. The van der Waals surface area contributed by atoms with Crippen molar-refractivity contribution in [2.75, 3.05) is 19.6 Å². The van der Waals surface area contributed by atoms with Crippen molar-refractivity contribution in [2.24, 2.45) is 5.92 Å². The van der Waals surface area contributed by atoms with Crippen LogP contribution in [0.4, 0.5) is 4.39 Å². The summed E-state index contributed by atoms with van der Waals surface area (Å²) in [7, 11) is 0. The summed E-state index contributed by atoms with van der Waals surface area (Å²) in [5.41, 5.74) is 0.400. The number of hydrogen-bond acceptors (Lipinski definition) is 2. The van der Waals surface area contributed by atoms with Crippen molar-refractivity contribution >= 4 is 5.91 Å². The molecule has 0 radical (unpaired) electrons. The highest BCUT2D eigenvalue weighted by atomic mass is 19.1. The Kier molecular flexibility index (Phi) is 3.51. The van der Waals surface area contributed by atoms with Gasteiger partial charge in [0.1, 0.15) is 5.82 Å². The van der Waals surface area contributed by atoms with Gasteiger partial charge in [-0.1, -0.05) is 6.07 Å². The highest BCUT2D eigenvalue weighted by Gasteiger charge is 2.34. The second-order valence-corrected chi connectivity index (χ2v) is 5.60. The Morgan fingerprint density at radius 1 is 1.37 bits per heavy atom. The molecule has 1 N–H and O–H groups in total. The maximum Gasteiger partial charge on any atom is 0.251 e. The van der Waals surface area contributed by atoms with Gasteiger partial charge in [0.25, 0.3) is 5.91 Å². The van der Waals surface area contributed by atoms with E-state index in [1.165, 1.54) is 25.0 Å². The maximum absolute atomic E-state index is 13.0. The van der Waals surface area contributed by atoms with Crippen LogP contribution in [0.1, 0.15) is 29.6 Å². The minimum Gasteiger partial charge on any atom is -0.352 e. The Balaban J connectivity index is 1.48. The van der Waals surface area contributed by atoms with Crippen LogP contribution in [0.15, 0.2) is 24.3 Å². The van der Waals surface area contributed by atoms with E-state index >= 15 is 0 Å². The van der Waals surface area contributed by atoms with Crippen molar-refractivity contribution in [3.8, 4) is 0 Å². The van der Waals surface area contributed by atoms with Crippen LogP contribution in [-0.4, -0.2) is 36.5 Å². The minimum absolute atomic E-state index is 0.177. The van der Waals surface area contributed by atoms with E-state index in [1.807, 2.05) is 0 Å². The second kappa shape index (κ2) is 5.29. The molecule has 2 aliphatic rings. The summed E-state index contributed by atoms with van der Waals surface area (Å²) < 4.78 is 13.0. The van der Waals surface area contributed by atoms with Gasteiger partial charge in [-0.05, 0) is 49.9 Å². The largest absolute Gasteiger partial charge is 0.352 e. The molecule has 1 atom stereocenters. The van der Waals surface area contributed by atoms with Crippen LogP contribution >= 0.6 is 0 Å². The summed E-state index contributed by atoms with van der Waals surface area (Å²) in [6.07, 6.45) is 3.82. The maximum atomic E-state index is 13.0. The minimum atomic E-state index is -0.367. The number of benzene rings is 1. The van der Waals surface area contributed by atoms with E-state index in [2.05, 4.69) is 10.2 Å². The highest BCUT2D eigenvalue weighted by molar-refractivity contribution is 5.94. The first kappa shape index (κ1) is 12.6. The van der Waals surface area contributed by atoms with Crippen molar-refractivity contribution in [3.63, 3.8) is 0 Å². The van der Waals surface area contributed by atoms with E-state index in [1.54, 1.807) is 12.1 Å². The molecule has 102 valence electrons. The Bertz CT molecular complexity index is 473. The molecule has 1 unspecified atom stereocenters. The standard InChI is InChI=1S/C15H19FN2O/c16-13-3-1-2-12(8-13)15(19)17-9-11-6-7-18(10-11)14-4-5-14/h1-3,8,11,14H,4-7,9-10H2,(H,17,19). The molecule has 19 heavy (non-hydrogen) atoms. The van der Waals surface area contributed by atoms with Gasteiger partial charge < -0.3 is 10.2 Å². The van der Waals surface area contributed by atoms with Gasteiger partial charge in [0.15, 0.2) is 0 Å². The quantitative estimate of drug-likeness (QED) is 0.900. The third kappa shape index (κ3) is 3.13. The number of hydrogen-bond donors (Lipinski definition) is 1. The number of nitrogens with one attached hydrogen (secondary N) is 1. The lowest BCUT2D eigenvalue weighted by molar-refractivity contribution is 0.0947. The topological polar surface area (TPSA) is 32.3 Å². The molecule has 2 fully saturated rings. The smallest absolute Gasteiger partial charge is 0.251 e. The Labute approximate surface area is 112 Å². The van der Waals surface area contributed by atoms with Gasteiger partial charge in [-0.25, -0.2) is 4.39 Å². The van der Waals surface area contributed by atoms with E-state index in [9.17, 15) is 9.18 Å². The fraction of sp³-hybridized carbons (Fsp3) is 0.533. The summed E-state index contributed by atoms with van der Waals surface area (Å²) in [5, 5.41) is 2.92. The van der Waals surface area contributed by atoms with Crippen molar-refractivity contribution in [3.05, 3.63) is 35.6 Å². The van der Waals surface area contributed by atoms with Crippen LogP contribution in [0.3, 0.4) is 0 Å². The SMILES string of the molecule is O=C(NCC1CCN(C2CC2)C1)c1cccc(F)c1. The van der Waals surface area contributed by atoms with Crippen LogP contribution in [0, 0.1) is 11.7 Å². The van der Waals surface area contributed by atoms with Crippen molar-refractivity contribution in [1.82, 2.24) is 10.2 Å². The highest BCUT2D eigenvalue weighted by Crippen LogP contribution is 2.31. The third-order valence-electron chi connectivity index (χ3n) is 4.02. The Hall–Kier alpha value is -1.42. The lowest BCUT2D eigenvalue weighted by atomic mass is 10.1. The summed E-state index contributed by atoms with van der Waals surface area (Å²) in [6, 6.07) is 6.64. The molecule has 1 amide bonds. The number of likely N-dealkylation sites (tertiary alicyclic amines) is 1. The zero-order valence-corrected chi connectivity index (χ0v) is 10.9. The van der Waals surface area contributed by atoms with E-state index in [-0.39, 0.29) is 11.7 Å². The summed E-state index contributed by atoms with van der Waals surface area (Å²) in [5.74, 6) is -0.00379. The van der Waals surface area contributed by atoms with Gasteiger partial charge >= 0.3 is 0 Å². The average molecular weight is 262 g/mol. The molecule has 1 aliphatic carbocycles. The third-order valence-corrected chi connectivity index (χ3v) is 4.02. The second-order valence-electron chi connectivity index (χ2n) is 5.60. The number of halogens is 1. The molecule has 0 aromatic heterocycles. The van der Waals surface area contributed by atoms with Crippen molar-refractivity contribution in [2.45, 2.75) is 25.3 Å². The van der Waals surface area contributed by atoms with Gasteiger partial charge in [-0.2, -0.15) is 0 Å². The Morgan fingerprint density at radius 2 is 2.21 bits per heavy atom. The normalized spacial score (nSPS) is 23.5. The van der Waals surface area contributed by atoms with Gasteiger partial charge in [0, 0.05) is 24.7 Å². The molecule has 1 aromatic rings. The van der Waals surface area contributed by atoms with Crippen LogP contribution < -0.4 is 5.32 Å². The van der Waals surface area contributed by atoms with E-state index in [0.29, 0.717) is 18.0 Å². The molecule has 1 aliphatic heterocycles. The van der Waals surface area contributed by atoms with Crippen molar-refractivity contribution in [1.29, 1.82) is 0 Å². The summed E-state index contributed by atoms with van der Waals surface area (Å²) >= 11 is 0. The first-order valence-electron chi connectivity index (χ1n) is 7.00. The van der Waals surface area contributed by atoms with Gasteiger partial charge in [0.2, 0.25) is 0 Å². The zero-order valence-electron chi connectivity index (χ0n) is 10.9. The van der Waals surface area contributed by atoms with E-state index in [0.717, 1.165) is 25.6 Å². The summed E-state index contributed by atoms with van der Waals surface area (Å²) in [6.45, 7) is 2.94. The van der Waals surface area contributed by atoms with Crippen LogP contribution in [0.2, 0.25) is 0 Å². The number of rotatable bonds is 4. The van der Waals surface area contributed by atoms with Crippen LogP contribution in [0.25, 0.3) is 0 Å². The molecule has 0 spiro atoms. The monoisotopic (exact) mass is 262 g/mol. The fourth-order valence-electron chi connectivity index (χ4n) is 2.77. The molecule has 3 rings (SSSR count). The molecular weight excluding hydrogens is 243 g/mol. The molecule has 1 saturated carbocycles. The van der Waals surface area contributed by atoms with Crippen LogP contribution in [-0.2, 0) is 0 Å². The molecule has 3 nitrogen and oxygen atoms in total. The molecule has 1 saturated heterocycles. The van der Waals surface area contributed by atoms with Gasteiger partial charge in [0.05, 0.1) is 0 Å². The first-order valence-corrected chi connectivity index (χ1v) is 7.00. The number of carbonyl (C=O) groups excluding carboxylic acids is 1. The lowest BCUT2D eigenvalue weighted by Crippen LogP contribution is -2.31. The Morgan fingerprint density at radius 3 is 2.95 bits per heavy atom. The average Bonchev–Trinajstić information content (AvgIpc) is 3.15.